The van der Waals surface area contributed by atoms with Crippen molar-refractivity contribution < 1.29 is 18.6 Å². The van der Waals surface area contributed by atoms with Gasteiger partial charge in [0.1, 0.15) is 28.9 Å². The summed E-state index contributed by atoms with van der Waals surface area (Å²) in [5, 5.41) is 0.498. The molecule has 0 amide bonds. The molecule has 0 saturated carbocycles. The van der Waals surface area contributed by atoms with Crippen LogP contribution in [0, 0.1) is 13.8 Å². The molecule has 5 heteroatoms. The Bertz CT molecular complexity index is 800. The van der Waals surface area contributed by atoms with Crippen LogP contribution in [0.2, 0.25) is 0 Å². The van der Waals surface area contributed by atoms with Gasteiger partial charge in [-0.05, 0) is 26.0 Å². The summed E-state index contributed by atoms with van der Waals surface area (Å²) < 4.78 is 21.8. The molecular weight excluding hydrogens is 272 g/mol. The van der Waals surface area contributed by atoms with E-state index in [9.17, 15) is 4.79 Å². The zero-order chi connectivity index (χ0) is 15.1. The van der Waals surface area contributed by atoms with Crippen LogP contribution in [0.3, 0.4) is 0 Å². The predicted molar refractivity (Wildman–Crippen MR) is 78.1 cm³/mol. The van der Waals surface area contributed by atoms with Crippen molar-refractivity contribution >= 4 is 16.7 Å². The fourth-order valence-electron chi connectivity index (χ4n) is 2.50. The lowest BCUT2D eigenvalue weighted by atomic mass is 10.1. The largest absolute Gasteiger partial charge is 0.496 e. The summed E-state index contributed by atoms with van der Waals surface area (Å²) in [6.07, 6.45) is 1.05. The number of fused-ring (bicyclic) bond motifs is 1. The molecular formula is C16H16O5. The molecule has 0 aliphatic carbocycles. The fourth-order valence-corrected chi connectivity index (χ4v) is 2.50. The van der Waals surface area contributed by atoms with Gasteiger partial charge in [-0.25, -0.2) is 0 Å². The maximum atomic E-state index is 12.7. The van der Waals surface area contributed by atoms with Crippen molar-refractivity contribution in [2.45, 2.75) is 27.1 Å². The SMILES string of the molecule is COc1ccc2c(=O)c(C3=COC(C)O3)c(C)oc2c1C. The lowest BCUT2D eigenvalue weighted by Crippen LogP contribution is -2.13. The quantitative estimate of drug-likeness (QED) is 0.849. The van der Waals surface area contributed by atoms with E-state index in [2.05, 4.69) is 0 Å². The molecule has 2 aromatic rings. The minimum Gasteiger partial charge on any atom is -0.496 e. The van der Waals surface area contributed by atoms with Crippen LogP contribution in [0.4, 0.5) is 0 Å². The number of aryl methyl sites for hydroxylation is 2. The highest BCUT2D eigenvalue weighted by Crippen LogP contribution is 2.30. The number of rotatable bonds is 2. The topological polar surface area (TPSA) is 57.9 Å². The van der Waals surface area contributed by atoms with Crippen molar-refractivity contribution in [3.8, 4) is 5.75 Å². The van der Waals surface area contributed by atoms with E-state index in [-0.39, 0.29) is 5.43 Å². The maximum Gasteiger partial charge on any atom is 0.237 e. The molecule has 0 saturated heterocycles. The Morgan fingerprint density at radius 1 is 1.24 bits per heavy atom. The van der Waals surface area contributed by atoms with E-state index in [0.29, 0.717) is 33.8 Å². The number of benzene rings is 1. The minimum atomic E-state index is -0.396. The molecule has 2 heterocycles. The molecule has 1 aliphatic rings. The van der Waals surface area contributed by atoms with Crippen LogP contribution < -0.4 is 10.2 Å². The van der Waals surface area contributed by atoms with Gasteiger partial charge in [0.15, 0.2) is 5.76 Å². The summed E-state index contributed by atoms with van der Waals surface area (Å²) in [7, 11) is 1.59. The Labute approximate surface area is 121 Å². The van der Waals surface area contributed by atoms with Crippen molar-refractivity contribution in [1.82, 2.24) is 0 Å². The van der Waals surface area contributed by atoms with Gasteiger partial charge in [0.05, 0.1) is 12.5 Å². The number of hydrogen-bond acceptors (Lipinski definition) is 5. The van der Waals surface area contributed by atoms with Crippen molar-refractivity contribution in [3.05, 3.63) is 45.5 Å². The Hall–Kier alpha value is -2.43. The van der Waals surface area contributed by atoms with Gasteiger partial charge >= 0.3 is 0 Å². The van der Waals surface area contributed by atoms with Crippen LogP contribution in [-0.2, 0) is 9.47 Å². The average Bonchev–Trinajstić information content (AvgIpc) is 2.86. The molecule has 21 heavy (non-hydrogen) atoms. The first kappa shape index (κ1) is 13.5. The molecule has 0 radical (unpaired) electrons. The fraction of sp³-hybridized carbons (Fsp3) is 0.312. The zero-order valence-electron chi connectivity index (χ0n) is 12.4. The van der Waals surface area contributed by atoms with Crippen LogP contribution in [0.1, 0.15) is 23.8 Å². The van der Waals surface area contributed by atoms with Gasteiger partial charge in [0, 0.05) is 12.5 Å². The van der Waals surface area contributed by atoms with E-state index < -0.39 is 6.29 Å². The Kier molecular flexibility index (Phi) is 3.12. The minimum absolute atomic E-state index is 0.136. The highest BCUT2D eigenvalue weighted by atomic mass is 16.7. The zero-order valence-corrected chi connectivity index (χ0v) is 12.4. The summed E-state index contributed by atoms with van der Waals surface area (Å²) >= 11 is 0. The first-order chi connectivity index (χ1) is 10.0. The Balaban J connectivity index is 2.28. The molecule has 3 rings (SSSR count). The van der Waals surface area contributed by atoms with E-state index in [4.69, 9.17) is 18.6 Å². The summed E-state index contributed by atoms with van der Waals surface area (Å²) in [6, 6.07) is 3.46. The van der Waals surface area contributed by atoms with E-state index in [1.807, 2.05) is 6.92 Å². The van der Waals surface area contributed by atoms with E-state index in [0.717, 1.165) is 5.56 Å². The monoisotopic (exact) mass is 288 g/mol. The molecule has 5 nitrogen and oxygen atoms in total. The summed E-state index contributed by atoms with van der Waals surface area (Å²) in [4.78, 5) is 12.7. The van der Waals surface area contributed by atoms with Crippen LogP contribution in [0.15, 0.2) is 27.6 Å². The summed E-state index contributed by atoms with van der Waals surface area (Å²) in [5.41, 5.74) is 1.60. The first-order valence-corrected chi connectivity index (χ1v) is 6.66. The molecule has 1 aromatic heterocycles. The molecule has 110 valence electrons. The number of hydrogen-bond donors (Lipinski definition) is 0. The third-order valence-electron chi connectivity index (χ3n) is 3.56. The summed E-state index contributed by atoms with van der Waals surface area (Å²) in [6.45, 7) is 5.36. The third-order valence-corrected chi connectivity index (χ3v) is 3.56. The van der Waals surface area contributed by atoms with Crippen LogP contribution in [-0.4, -0.2) is 13.4 Å². The van der Waals surface area contributed by atoms with E-state index in [1.165, 1.54) is 6.26 Å². The number of ether oxygens (including phenoxy) is 3. The van der Waals surface area contributed by atoms with E-state index in [1.54, 1.807) is 33.1 Å². The average molecular weight is 288 g/mol. The summed E-state index contributed by atoms with van der Waals surface area (Å²) in [5.74, 6) is 1.59. The lowest BCUT2D eigenvalue weighted by molar-refractivity contribution is 0.00180. The van der Waals surface area contributed by atoms with Gasteiger partial charge in [-0.1, -0.05) is 0 Å². The van der Waals surface area contributed by atoms with Crippen molar-refractivity contribution in [1.29, 1.82) is 0 Å². The van der Waals surface area contributed by atoms with Gasteiger partial charge in [0.2, 0.25) is 11.7 Å². The molecule has 0 bridgehead atoms. The van der Waals surface area contributed by atoms with Gasteiger partial charge < -0.3 is 18.6 Å². The molecule has 1 aromatic carbocycles. The third kappa shape index (κ3) is 2.05. The first-order valence-electron chi connectivity index (χ1n) is 6.66. The van der Waals surface area contributed by atoms with E-state index >= 15 is 0 Å². The highest BCUT2D eigenvalue weighted by Gasteiger charge is 2.24. The molecule has 1 unspecified atom stereocenters. The van der Waals surface area contributed by atoms with Gasteiger partial charge in [0.25, 0.3) is 0 Å². The van der Waals surface area contributed by atoms with Crippen LogP contribution in [0.25, 0.3) is 16.7 Å². The lowest BCUT2D eigenvalue weighted by Gasteiger charge is -2.11. The highest BCUT2D eigenvalue weighted by molar-refractivity contribution is 5.84. The molecule has 0 N–H and O–H groups in total. The van der Waals surface area contributed by atoms with Gasteiger partial charge in [-0.15, -0.1) is 0 Å². The smallest absolute Gasteiger partial charge is 0.237 e. The normalized spacial score (nSPS) is 17.3. The molecule has 0 spiro atoms. The van der Waals surface area contributed by atoms with Crippen molar-refractivity contribution in [3.63, 3.8) is 0 Å². The molecule has 1 aliphatic heterocycles. The predicted octanol–water partition coefficient (Wildman–Crippen LogP) is 3.11. The van der Waals surface area contributed by atoms with Crippen LogP contribution >= 0.6 is 0 Å². The second-order valence-electron chi connectivity index (χ2n) is 4.94. The van der Waals surface area contributed by atoms with Crippen molar-refractivity contribution in [2.24, 2.45) is 0 Å². The molecule has 0 fully saturated rings. The second-order valence-corrected chi connectivity index (χ2v) is 4.94. The number of methoxy groups -OCH3 is 1. The van der Waals surface area contributed by atoms with Gasteiger partial charge in [-0.2, -0.15) is 0 Å². The molecule has 1 atom stereocenters. The van der Waals surface area contributed by atoms with Crippen LogP contribution in [0.5, 0.6) is 5.75 Å². The standard InChI is InChI=1S/C16H16O5/c1-8-12(18-4)6-5-11-15(17)14(9(2)20-16(8)11)13-7-19-10(3)21-13/h5-7,10H,1-4H3. The van der Waals surface area contributed by atoms with Crippen molar-refractivity contribution in [2.75, 3.05) is 7.11 Å². The Morgan fingerprint density at radius 3 is 2.62 bits per heavy atom. The Morgan fingerprint density at radius 2 is 2.00 bits per heavy atom. The van der Waals surface area contributed by atoms with Gasteiger partial charge in [-0.3, -0.25) is 4.79 Å². The maximum absolute atomic E-state index is 12.7. The second kappa shape index (κ2) is 4.84.